The zero-order chi connectivity index (χ0) is 23.8. The van der Waals surface area contributed by atoms with Crippen LogP contribution in [0.3, 0.4) is 0 Å². The highest BCUT2D eigenvalue weighted by molar-refractivity contribution is 7.80. The molecule has 1 spiro atoms. The van der Waals surface area contributed by atoms with Gasteiger partial charge in [0.25, 0.3) is 5.79 Å². The summed E-state index contributed by atoms with van der Waals surface area (Å²) < 4.78 is 12.9. The number of thiocarbonyl (C=S) groups is 1. The number of ether oxygens (including phenoxy) is 2. The maximum Gasteiger partial charge on any atom is 0.258 e. The molecule has 1 unspecified atom stereocenters. The summed E-state index contributed by atoms with van der Waals surface area (Å²) in [4.78, 5) is 0. The van der Waals surface area contributed by atoms with Gasteiger partial charge in [0.2, 0.25) is 0 Å². The van der Waals surface area contributed by atoms with Crippen molar-refractivity contribution in [3.63, 3.8) is 0 Å². The fraction of sp³-hybridized carbons (Fsp3) is 0.185. The van der Waals surface area contributed by atoms with Gasteiger partial charge in [0.15, 0.2) is 5.11 Å². The Morgan fingerprint density at radius 1 is 1.03 bits per heavy atom. The van der Waals surface area contributed by atoms with E-state index < -0.39 is 11.4 Å². The smallest absolute Gasteiger partial charge is 0.258 e. The average Bonchev–Trinajstić information content (AvgIpc) is 3.06. The summed E-state index contributed by atoms with van der Waals surface area (Å²) in [5.74, 6) is -0.545. The third kappa shape index (κ3) is 4.04. The third-order valence-electron chi connectivity index (χ3n) is 5.95. The van der Waals surface area contributed by atoms with Gasteiger partial charge in [-0.15, -0.1) is 0 Å². The SMILES string of the molecule is CC1(C)OC2(C=Cc3ccc(O)c(C=NNC(=S)NCc4ccccc4)c3O2)c2ccccc21. The maximum absolute atomic E-state index is 10.6. The van der Waals surface area contributed by atoms with E-state index in [4.69, 9.17) is 21.7 Å². The lowest BCUT2D eigenvalue weighted by atomic mass is 9.92. The fourth-order valence-corrected chi connectivity index (χ4v) is 4.46. The van der Waals surface area contributed by atoms with Gasteiger partial charge in [-0.1, -0.05) is 54.6 Å². The van der Waals surface area contributed by atoms with E-state index in [1.165, 1.54) is 6.21 Å². The summed E-state index contributed by atoms with van der Waals surface area (Å²) in [7, 11) is 0. The third-order valence-corrected chi connectivity index (χ3v) is 6.19. The first kappa shape index (κ1) is 22.1. The molecule has 3 aromatic rings. The van der Waals surface area contributed by atoms with Crippen LogP contribution >= 0.6 is 12.2 Å². The van der Waals surface area contributed by atoms with Crippen molar-refractivity contribution >= 4 is 29.6 Å². The molecule has 172 valence electrons. The standard InChI is InChI=1S/C27H25N3O3S/c1-26(2)21-10-6-7-11-22(21)27(33-26)15-14-19-12-13-23(31)20(24(19)32-27)17-29-30-25(34)28-16-18-8-4-3-5-9-18/h3-15,17,31H,16H2,1-2H3,(H2,28,30,34). The molecule has 0 radical (unpaired) electrons. The molecule has 2 aliphatic heterocycles. The molecule has 2 aliphatic rings. The predicted molar refractivity (Wildman–Crippen MR) is 137 cm³/mol. The Hall–Kier alpha value is -3.68. The molecule has 0 aliphatic carbocycles. The van der Waals surface area contributed by atoms with E-state index in [2.05, 4.69) is 21.9 Å². The Labute approximate surface area is 203 Å². The molecule has 3 N–H and O–H groups in total. The fourth-order valence-electron chi connectivity index (χ4n) is 4.33. The predicted octanol–water partition coefficient (Wildman–Crippen LogP) is 4.91. The summed E-state index contributed by atoms with van der Waals surface area (Å²) in [6.45, 7) is 4.62. The van der Waals surface area contributed by atoms with Crippen molar-refractivity contribution in [1.82, 2.24) is 10.7 Å². The molecule has 2 heterocycles. The van der Waals surface area contributed by atoms with Crippen LogP contribution in [0.2, 0.25) is 0 Å². The van der Waals surface area contributed by atoms with Crippen molar-refractivity contribution in [3.8, 4) is 11.5 Å². The Bertz CT molecular complexity index is 1300. The first-order chi connectivity index (χ1) is 16.4. The highest BCUT2D eigenvalue weighted by atomic mass is 32.1. The second kappa shape index (κ2) is 8.59. The maximum atomic E-state index is 10.6. The molecule has 6 nitrogen and oxygen atoms in total. The second-order valence-corrected chi connectivity index (χ2v) is 9.12. The molecule has 0 bridgehead atoms. The lowest BCUT2D eigenvalue weighted by molar-refractivity contribution is -0.202. The van der Waals surface area contributed by atoms with Crippen molar-refractivity contribution in [3.05, 3.63) is 101 Å². The van der Waals surface area contributed by atoms with Gasteiger partial charge in [-0.3, -0.25) is 5.43 Å². The number of rotatable bonds is 4. The highest BCUT2D eigenvalue weighted by Crippen LogP contribution is 2.51. The number of hydrogen-bond donors (Lipinski definition) is 3. The van der Waals surface area contributed by atoms with E-state index in [1.54, 1.807) is 12.1 Å². The quantitative estimate of drug-likeness (QED) is 0.285. The molecular weight excluding hydrogens is 446 g/mol. The lowest BCUT2D eigenvalue weighted by Gasteiger charge is -2.34. The van der Waals surface area contributed by atoms with E-state index in [9.17, 15) is 5.11 Å². The first-order valence-corrected chi connectivity index (χ1v) is 11.4. The molecule has 1 atom stereocenters. The molecule has 5 rings (SSSR count). The molecular formula is C27H25N3O3S. The molecule has 3 aromatic carbocycles. The van der Waals surface area contributed by atoms with Crippen molar-refractivity contribution in [2.45, 2.75) is 31.8 Å². The van der Waals surface area contributed by atoms with Gasteiger partial charge in [-0.05, 0) is 61.5 Å². The largest absolute Gasteiger partial charge is 0.507 e. The summed E-state index contributed by atoms with van der Waals surface area (Å²) in [5, 5.41) is 18.3. The van der Waals surface area contributed by atoms with Crippen molar-refractivity contribution in [1.29, 1.82) is 0 Å². The number of aromatic hydroxyl groups is 1. The van der Waals surface area contributed by atoms with E-state index in [0.29, 0.717) is 23.0 Å². The Morgan fingerprint density at radius 2 is 1.76 bits per heavy atom. The zero-order valence-corrected chi connectivity index (χ0v) is 19.7. The molecule has 34 heavy (non-hydrogen) atoms. The average molecular weight is 472 g/mol. The van der Waals surface area contributed by atoms with Crippen LogP contribution in [0.15, 0.2) is 77.9 Å². The first-order valence-electron chi connectivity index (χ1n) is 11.0. The molecule has 0 fully saturated rings. The van der Waals surface area contributed by atoms with E-state index in [1.807, 2.05) is 74.5 Å². The number of fused-ring (bicyclic) bond motifs is 3. The van der Waals surface area contributed by atoms with Crippen LogP contribution in [0.25, 0.3) is 6.08 Å². The van der Waals surface area contributed by atoms with E-state index in [0.717, 1.165) is 22.3 Å². The minimum Gasteiger partial charge on any atom is -0.507 e. The lowest BCUT2D eigenvalue weighted by Crippen LogP contribution is -2.35. The Kier molecular flexibility index (Phi) is 5.59. The number of hydrazone groups is 1. The van der Waals surface area contributed by atoms with Crippen LogP contribution < -0.4 is 15.5 Å². The van der Waals surface area contributed by atoms with Gasteiger partial charge >= 0.3 is 0 Å². The molecule has 0 aromatic heterocycles. The summed E-state index contributed by atoms with van der Waals surface area (Å²) in [6, 6.07) is 21.4. The van der Waals surface area contributed by atoms with Gasteiger partial charge in [-0.25, -0.2) is 0 Å². The topological polar surface area (TPSA) is 75.1 Å². The van der Waals surface area contributed by atoms with Crippen LogP contribution in [0, 0.1) is 0 Å². The molecule has 0 saturated heterocycles. The second-order valence-electron chi connectivity index (χ2n) is 8.72. The van der Waals surface area contributed by atoms with Crippen LogP contribution in [0.1, 0.15) is 41.7 Å². The van der Waals surface area contributed by atoms with E-state index in [-0.39, 0.29) is 5.75 Å². The number of nitrogens with one attached hydrogen (secondary N) is 2. The van der Waals surface area contributed by atoms with Crippen LogP contribution in [-0.2, 0) is 22.7 Å². The number of phenols is 1. The number of benzene rings is 3. The van der Waals surface area contributed by atoms with Gasteiger partial charge in [0, 0.05) is 17.7 Å². The Balaban J connectivity index is 1.37. The number of hydrogen-bond acceptors (Lipinski definition) is 5. The van der Waals surface area contributed by atoms with Gasteiger partial charge in [0.05, 0.1) is 17.4 Å². The normalized spacial score (nSPS) is 19.5. The monoisotopic (exact) mass is 471 g/mol. The van der Waals surface area contributed by atoms with Crippen LogP contribution in [0.4, 0.5) is 0 Å². The molecule has 7 heteroatoms. The zero-order valence-electron chi connectivity index (χ0n) is 18.9. The number of nitrogens with zero attached hydrogens (tertiary/aromatic N) is 1. The van der Waals surface area contributed by atoms with Crippen LogP contribution in [-0.4, -0.2) is 16.4 Å². The van der Waals surface area contributed by atoms with Gasteiger partial charge < -0.3 is 19.9 Å². The molecule has 0 saturated carbocycles. The van der Waals surface area contributed by atoms with Gasteiger partial charge in [0.1, 0.15) is 11.5 Å². The summed E-state index contributed by atoms with van der Waals surface area (Å²) >= 11 is 5.31. The van der Waals surface area contributed by atoms with Crippen LogP contribution in [0.5, 0.6) is 11.5 Å². The minimum atomic E-state index is -1.08. The molecule has 0 amide bonds. The summed E-state index contributed by atoms with van der Waals surface area (Å²) in [6.07, 6.45) is 5.37. The minimum absolute atomic E-state index is 0.0449. The van der Waals surface area contributed by atoms with Crippen molar-refractivity contribution in [2.75, 3.05) is 0 Å². The van der Waals surface area contributed by atoms with Crippen molar-refractivity contribution in [2.24, 2.45) is 5.10 Å². The number of phenolic OH excluding ortho intramolecular Hbond substituents is 1. The van der Waals surface area contributed by atoms with Gasteiger partial charge in [-0.2, -0.15) is 5.10 Å². The van der Waals surface area contributed by atoms with Crippen molar-refractivity contribution < 1.29 is 14.6 Å². The highest BCUT2D eigenvalue weighted by Gasteiger charge is 2.51. The summed E-state index contributed by atoms with van der Waals surface area (Å²) in [5.41, 5.74) is 6.64. The Morgan fingerprint density at radius 3 is 2.56 bits per heavy atom. The van der Waals surface area contributed by atoms with E-state index >= 15 is 0 Å².